The quantitative estimate of drug-likeness (QED) is 0.493. The van der Waals surface area contributed by atoms with Crippen LogP contribution in [0.1, 0.15) is 5.69 Å². The molecule has 16 heavy (non-hydrogen) atoms. The normalized spacial score (nSPS) is 10.4. The van der Waals surface area contributed by atoms with Gasteiger partial charge in [0.25, 0.3) is 0 Å². The molecular formula is C8H11N7O. The summed E-state index contributed by atoms with van der Waals surface area (Å²) in [6.07, 6.45) is 4.48. The van der Waals surface area contributed by atoms with E-state index < -0.39 is 0 Å². The molecule has 2 heterocycles. The highest BCUT2D eigenvalue weighted by molar-refractivity contribution is 5.28. The van der Waals surface area contributed by atoms with Gasteiger partial charge in [0.05, 0.1) is 24.6 Å². The molecule has 0 saturated heterocycles. The molecule has 0 unspecified atom stereocenters. The van der Waals surface area contributed by atoms with E-state index in [2.05, 4.69) is 20.5 Å². The van der Waals surface area contributed by atoms with E-state index in [4.69, 9.17) is 5.84 Å². The average Bonchev–Trinajstić information content (AvgIpc) is 2.62. The van der Waals surface area contributed by atoms with Gasteiger partial charge in [-0.3, -0.25) is 9.55 Å². The Morgan fingerprint density at radius 2 is 2.25 bits per heavy atom. The number of hydrogen-bond donors (Lipinski definition) is 2. The fourth-order valence-electron chi connectivity index (χ4n) is 1.19. The Balaban J connectivity index is 2.21. The lowest BCUT2D eigenvalue weighted by molar-refractivity contribution is 0.633. The first kappa shape index (κ1) is 10.3. The topological polar surface area (TPSA) is 104 Å². The maximum absolute atomic E-state index is 11.5. The molecule has 0 aromatic carbocycles. The lowest BCUT2D eigenvalue weighted by Crippen LogP contribution is -2.24. The maximum atomic E-state index is 11.5. The van der Waals surface area contributed by atoms with Crippen LogP contribution < -0.4 is 17.0 Å². The van der Waals surface area contributed by atoms with Crippen LogP contribution in [0.5, 0.6) is 0 Å². The van der Waals surface area contributed by atoms with E-state index >= 15 is 0 Å². The van der Waals surface area contributed by atoms with Gasteiger partial charge >= 0.3 is 5.69 Å². The van der Waals surface area contributed by atoms with Crippen LogP contribution in [0.3, 0.4) is 0 Å². The van der Waals surface area contributed by atoms with Gasteiger partial charge in [-0.15, -0.1) is 0 Å². The second-order valence-corrected chi connectivity index (χ2v) is 3.22. The summed E-state index contributed by atoms with van der Waals surface area (Å²) in [5, 5.41) is 3.91. The molecule has 8 heteroatoms. The van der Waals surface area contributed by atoms with Crippen LogP contribution in [0.2, 0.25) is 0 Å². The second kappa shape index (κ2) is 4.11. The summed E-state index contributed by atoms with van der Waals surface area (Å²) >= 11 is 0. The van der Waals surface area contributed by atoms with Crippen molar-refractivity contribution in [1.82, 2.24) is 24.3 Å². The van der Waals surface area contributed by atoms with E-state index in [9.17, 15) is 4.79 Å². The molecule has 2 aromatic rings. The lowest BCUT2D eigenvalue weighted by atomic mass is 10.4. The second-order valence-electron chi connectivity index (χ2n) is 3.22. The van der Waals surface area contributed by atoms with Gasteiger partial charge in [-0.2, -0.15) is 5.10 Å². The highest BCUT2D eigenvalue weighted by Gasteiger charge is 2.03. The molecule has 0 bridgehead atoms. The number of rotatable bonds is 3. The molecule has 2 rings (SSSR count). The van der Waals surface area contributed by atoms with Crippen molar-refractivity contribution in [2.24, 2.45) is 12.9 Å². The van der Waals surface area contributed by atoms with Gasteiger partial charge < -0.3 is 5.43 Å². The highest BCUT2D eigenvalue weighted by Crippen LogP contribution is 1.99. The number of nitrogens with zero attached hydrogens (tertiary/aromatic N) is 5. The summed E-state index contributed by atoms with van der Waals surface area (Å²) in [5.41, 5.74) is 2.82. The Morgan fingerprint density at radius 1 is 1.44 bits per heavy atom. The molecule has 0 fully saturated rings. The number of aromatic nitrogens is 5. The maximum Gasteiger partial charge on any atom is 0.345 e. The Bertz CT molecular complexity index is 526. The van der Waals surface area contributed by atoms with Crippen molar-refractivity contribution in [1.29, 1.82) is 0 Å². The fraction of sp³-hybridized carbons (Fsp3) is 0.250. The summed E-state index contributed by atoms with van der Waals surface area (Å²) < 4.78 is 2.70. The lowest BCUT2D eigenvalue weighted by Gasteiger charge is -2.01. The zero-order valence-electron chi connectivity index (χ0n) is 8.66. The zero-order valence-corrected chi connectivity index (χ0v) is 8.66. The minimum absolute atomic E-state index is 0.192. The Hall–Kier alpha value is -2.22. The molecule has 0 aliphatic heterocycles. The minimum atomic E-state index is -0.192. The van der Waals surface area contributed by atoms with Crippen LogP contribution in [0.4, 0.5) is 5.82 Å². The van der Waals surface area contributed by atoms with Crippen LogP contribution in [-0.2, 0) is 13.6 Å². The first-order valence-corrected chi connectivity index (χ1v) is 4.56. The van der Waals surface area contributed by atoms with Crippen LogP contribution in [0, 0.1) is 0 Å². The summed E-state index contributed by atoms with van der Waals surface area (Å²) in [4.78, 5) is 19.5. The average molecular weight is 221 g/mol. The highest BCUT2D eigenvalue weighted by atomic mass is 16.2. The standard InChI is InChI=1S/C8H11N7O/c1-14-5-12-15(8(14)16)4-6-2-11-7(13-9)3-10-6/h2-3,5H,4,9H2,1H3,(H,11,13). The number of nitrogen functional groups attached to an aromatic ring is 1. The molecule has 84 valence electrons. The Labute approximate surface area is 90.7 Å². The number of aryl methyl sites for hydroxylation is 1. The third kappa shape index (κ3) is 1.91. The van der Waals surface area contributed by atoms with Crippen molar-refractivity contribution in [2.45, 2.75) is 6.54 Å². The first-order valence-electron chi connectivity index (χ1n) is 4.56. The zero-order chi connectivity index (χ0) is 11.5. The molecule has 0 amide bonds. The van der Waals surface area contributed by atoms with Crippen molar-refractivity contribution >= 4 is 5.82 Å². The molecule has 2 aromatic heterocycles. The molecule has 0 saturated carbocycles. The van der Waals surface area contributed by atoms with Gasteiger partial charge in [0.1, 0.15) is 6.33 Å². The minimum Gasteiger partial charge on any atom is -0.307 e. The first-order chi connectivity index (χ1) is 7.70. The molecule has 3 N–H and O–H groups in total. The number of nitrogens with two attached hydrogens (primary N) is 1. The van der Waals surface area contributed by atoms with E-state index in [0.29, 0.717) is 11.5 Å². The summed E-state index contributed by atoms with van der Waals surface area (Å²) in [6, 6.07) is 0. The molecular weight excluding hydrogens is 210 g/mol. The van der Waals surface area contributed by atoms with Crippen LogP contribution in [0.15, 0.2) is 23.5 Å². The van der Waals surface area contributed by atoms with Crippen molar-refractivity contribution in [3.8, 4) is 0 Å². The third-order valence-corrected chi connectivity index (χ3v) is 2.05. The van der Waals surface area contributed by atoms with Crippen molar-refractivity contribution in [2.75, 3.05) is 5.43 Å². The van der Waals surface area contributed by atoms with Gasteiger partial charge in [0.2, 0.25) is 0 Å². The van der Waals surface area contributed by atoms with Gasteiger partial charge in [-0.1, -0.05) is 0 Å². The molecule has 0 aliphatic rings. The number of anilines is 1. The largest absolute Gasteiger partial charge is 0.345 e. The van der Waals surface area contributed by atoms with Gasteiger partial charge in [-0.05, 0) is 0 Å². The molecule has 0 aliphatic carbocycles. The summed E-state index contributed by atoms with van der Waals surface area (Å²) in [6.45, 7) is 0.289. The van der Waals surface area contributed by atoms with Crippen molar-refractivity contribution < 1.29 is 0 Å². The van der Waals surface area contributed by atoms with Gasteiger partial charge in [0.15, 0.2) is 5.82 Å². The molecule has 8 nitrogen and oxygen atoms in total. The van der Waals surface area contributed by atoms with Gasteiger partial charge in [0, 0.05) is 7.05 Å². The number of hydrogen-bond acceptors (Lipinski definition) is 6. The molecule has 0 spiro atoms. The Morgan fingerprint density at radius 3 is 2.75 bits per heavy atom. The van der Waals surface area contributed by atoms with E-state index in [-0.39, 0.29) is 12.2 Å². The van der Waals surface area contributed by atoms with Crippen molar-refractivity contribution in [3.05, 3.63) is 34.9 Å². The summed E-state index contributed by atoms with van der Waals surface area (Å²) in [5.74, 6) is 5.63. The van der Waals surface area contributed by atoms with Crippen LogP contribution in [-0.4, -0.2) is 24.3 Å². The smallest absolute Gasteiger partial charge is 0.307 e. The third-order valence-electron chi connectivity index (χ3n) is 2.05. The summed E-state index contributed by atoms with van der Waals surface area (Å²) in [7, 11) is 1.64. The van der Waals surface area contributed by atoms with Crippen LogP contribution in [0.25, 0.3) is 0 Å². The molecule has 0 radical (unpaired) electrons. The Kier molecular flexibility index (Phi) is 2.64. The fourth-order valence-corrected chi connectivity index (χ4v) is 1.19. The predicted octanol–water partition coefficient (Wildman–Crippen LogP) is -1.29. The monoisotopic (exact) mass is 221 g/mol. The molecule has 0 atom stereocenters. The van der Waals surface area contributed by atoms with E-state index in [1.165, 1.54) is 28.0 Å². The van der Waals surface area contributed by atoms with E-state index in [1.54, 1.807) is 7.05 Å². The number of nitrogens with one attached hydrogen (secondary N) is 1. The van der Waals surface area contributed by atoms with E-state index in [0.717, 1.165) is 0 Å². The van der Waals surface area contributed by atoms with E-state index in [1.807, 2.05) is 0 Å². The number of hydrazine groups is 1. The van der Waals surface area contributed by atoms with Gasteiger partial charge in [-0.25, -0.2) is 20.3 Å². The van der Waals surface area contributed by atoms with Crippen molar-refractivity contribution in [3.63, 3.8) is 0 Å². The predicted molar refractivity (Wildman–Crippen MR) is 56.4 cm³/mol. The van der Waals surface area contributed by atoms with Crippen LogP contribution >= 0.6 is 0 Å². The SMILES string of the molecule is Cn1cnn(Cc2cnc(NN)cn2)c1=O.